The van der Waals surface area contributed by atoms with E-state index in [4.69, 9.17) is 0 Å². The van der Waals surface area contributed by atoms with Gasteiger partial charge in [0.2, 0.25) is 0 Å². The zero-order valence-electron chi connectivity index (χ0n) is 15.1. The third-order valence-corrected chi connectivity index (χ3v) is 5.34. The predicted molar refractivity (Wildman–Crippen MR) is 101 cm³/mol. The number of likely N-dealkylation sites (tertiary alicyclic amines) is 1. The molecule has 25 heavy (non-hydrogen) atoms. The Labute approximate surface area is 150 Å². The van der Waals surface area contributed by atoms with E-state index in [1.807, 2.05) is 12.1 Å². The first-order valence-corrected chi connectivity index (χ1v) is 9.41. The molecule has 1 fully saturated rings. The lowest BCUT2D eigenvalue weighted by Gasteiger charge is -2.22. The van der Waals surface area contributed by atoms with Crippen LogP contribution < -0.4 is 15.5 Å². The molecule has 6 nitrogen and oxygen atoms in total. The summed E-state index contributed by atoms with van der Waals surface area (Å²) in [5, 5.41) is 15.2. The molecule has 0 bridgehead atoms. The van der Waals surface area contributed by atoms with E-state index in [9.17, 15) is 9.90 Å². The van der Waals surface area contributed by atoms with Gasteiger partial charge in [0, 0.05) is 37.6 Å². The van der Waals surface area contributed by atoms with E-state index in [2.05, 4.69) is 33.5 Å². The lowest BCUT2D eigenvalue weighted by atomic mass is 10.1. The second kappa shape index (κ2) is 8.54. The first kappa shape index (κ1) is 18.0. The Hall–Kier alpha value is -1.79. The maximum absolute atomic E-state index is 12.0. The van der Waals surface area contributed by atoms with Gasteiger partial charge in [0.25, 0.3) is 0 Å². The molecule has 6 heteroatoms. The number of rotatable bonds is 7. The largest absolute Gasteiger partial charge is 0.395 e. The predicted octanol–water partition coefficient (Wildman–Crippen LogP) is 2.04. The van der Waals surface area contributed by atoms with Crippen molar-refractivity contribution in [2.75, 3.05) is 50.1 Å². The number of hydrogen-bond acceptors (Lipinski definition) is 4. The average Bonchev–Trinajstić information content (AvgIpc) is 3.21. The van der Waals surface area contributed by atoms with Gasteiger partial charge in [-0.2, -0.15) is 0 Å². The second-order valence-corrected chi connectivity index (χ2v) is 7.12. The summed E-state index contributed by atoms with van der Waals surface area (Å²) >= 11 is 0. The van der Waals surface area contributed by atoms with Crippen LogP contribution in [0.1, 0.15) is 31.2 Å². The van der Waals surface area contributed by atoms with Crippen molar-refractivity contribution in [3.05, 3.63) is 23.8 Å². The topological polar surface area (TPSA) is 67.8 Å². The van der Waals surface area contributed by atoms with E-state index in [1.165, 1.54) is 17.7 Å². The molecule has 3 rings (SSSR count). The number of likely N-dealkylation sites (N-methyl/N-ethyl adjacent to an activating group) is 1. The highest BCUT2D eigenvalue weighted by molar-refractivity contribution is 5.90. The molecule has 1 atom stereocenters. The van der Waals surface area contributed by atoms with E-state index in [0.717, 1.165) is 51.0 Å². The summed E-state index contributed by atoms with van der Waals surface area (Å²) in [5.74, 6) is 0. The minimum absolute atomic E-state index is 0.144. The molecular formula is C19H30N4O2. The minimum atomic E-state index is -0.144. The number of nitrogens with one attached hydrogen (secondary N) is 2. The molecule has 1 aromatic rings. The molecule has 1 unspecified atom stereocenters. The van der Waals surface area contributed by atoms with Gasteiger partial charge in [0.05, 0.1) is 6.61 Å². The highest BCUT2D eigenvalue weighted by atomic mass is 16.3. The van der Waals surface area contributed by atoms with Crippen LogP contribution in [0.4, 0.5) is 16.2 Å². The highest BCUT2D eigenvalue weighted by Gasteiger charge is 2.22. The Balaban J connectivity index is 1.34. The molecule has 0 saturated carbocycles. The molecule has 2 amide bonds. The minimum Gasteiger partial charge on any atom is -0.395 e. The van der Waals surface area contributed by atoms with Gasteiger partial charge in [-0.05, 0) is 62.9 Å². The zero-order valence-corrected chi connectivity index (χ0v) is 15.1. The van der Waals surface area contributed by atoms with Crippen LogP contribution in [0.2, 0.25) is 0 Å². The number of amides is 2. The van der Waals surface area contributed by atoms with E-state index < -0.39 is 0 Å². The lowest BCUT2D eigenvalue weighted by Crippen LogP contribution is -2.34. The summed E-state index contributed by atoms with van der Waals surface area (Å²) in [4.78, 5) is 16.6. The molecule has 2 aliphatic rings. The van der Waals surface area contributed by atoms with Crippen LogP contribution in [0.25, 0.3) is 0 Å². The van der Waals surface area contributed by atoms with Gasteiger partial charge in [-0.3, -0.25) is 4.90 Å². The van der Waals surface area contributed by atoms with Gasteiger partial charge in [0.1, 0.15) is 0 Å². The Kier molecular flexibility index (Phi) is 6.15. The molecule has 1 aromatic carbocycles. The van der Waals surface area contributed by atoms with Crippen molar-refractivity contribution in [1.82, 2.24) is 10.2 Å². The Morgan fingerprint density at radius 1 is 1.32 bits per heavy atom. The van der Waals surface area contributed by atoms with Crippen molar-refractivity contribution >= 4 is 17.4 Å². The normalized spacial score (nSPS) is 19.9. The fourth-order valence-corrected chi connectivity index (χ4v) is 3.83. The zero-order chi connectivity index (χ0) is 17.6. The molecule has 3 N–H and O–H groups in total. The van der Waals surface area contributed by atoms with Crippen LogP contribution >= 0.6 is 0 Å². The molecule has 2 heterocycles. The summed E-state index contributed by atoms with van der Waals surface area (Å²) in [7, 11) is 2.08. The fourth-order valence-electron chi connectivity index (χ4n) is 3.83. The number of unbranched alkanes of at least 4 members (excludes halogenated alkanes) is 1. The van der Waals surface area contributed by atoms with E-state index in [1.54, 1.807) is 0 Å². The maximum atomic E-state index is 12.0. The summed E-state index contributed by atoms with van der Waals surface area (Å²) in [5.41, 5.74) is 3.39. The summed E-state index contributed by atoms with van der Waals surface area (Å²) < 4.78 is 0. The molecule has 0 aromatic heterocycles. The number of hydrogen-bond donors (Lipinski definition) is 3. The van der Waals surface area contributed by atoms with E-state index >= 15 is 0 Å². The van der Waals surface area contributed by atoms with Crippen LogP contribution in [0.3, 0.4) is 0 Å². The fraction of sp³-hybridized carbons (Fsp3) is 0.632. The standard InChI is InChI=1S/C19H30N4O2/c1-22-12-8-15-6-7-16(13-18(15)22)21-19(25)20-9-2-3-10-23-11-4-5-17(23)14-24/h6-7,13,17,24H,2-5,8-12,14H2,1H3,(H2,20,21,25). The average molecular weight is 346 g/mol. The quantitative estimate of drug-likeness (QED) is 0.661. The molecule has 138 valence electrons. The van der Waals surface area contributed by atoms with Gasteiger partial charge < -0.3 is 20.6 Å². The lowest BCUT2D eigenvalue weighted by molar-refractivity contribution is 0.157. The number of aliphatic hydroxyl groups excluding tert-OH is 1. The van der Waals surface area contributed by atoms with E-state index in [-0.39, 0.29) is 12.6 Å². The number of benzene rings is 1. The first-order valence-electron chi connectivity index (χ1n) is 9.41. The molecule has 0 aliphatic carbocycles. The number of nitrogens with zero attached hydrogens (tertiary/aromatic N) is 2. The van der Waals surface area contributed by atoms with Gasteiger partial charge in [-0.15, -0.1) is 0 Å². The van der Waals surface area contributed by atoms with Crippen molar-refractivity contribution in [2.45, 2.75) is 38.1 Å². The monoisotopic (exact) mass is 346 g/mol. The molecule has 0 radical (unpaired) electrons. The van der Waals surface area contributed by atoms with Crippen LogP contribution in [-0.4, -0.2) is 61.9 Å². The van der Waals surface area contributed by atoms with Crippen LogP contribution in [0.15, 0.2) is 18.2 Å². The van der Waals surface area contributed by atoms with Gasteiger partial charge in [-0.25, -0.2) is 4.79 Å². The smallest absolute Gasteiger partial charge is 0.319 e. The number of carbonyl (C=O) groups is 1. The number of urea groups is 1. The van der Waals surface area contributed by atoms with Crippen molar-refractivity contribution in [2.24, 2.45) is 0 Å². The van der Waals surface area contributed by atoms with Crippen molar-refractivity contribution in [3.63, 3.8) is 0 Å². The molecular weight excluding hydrogens is 316 g/mol. The SMILES string of the molecule is CN1CCc2ccc(NC(=O)NCCCCN3CCCC3CO)cc21. The van der Waals surface area contributed by atoms with Crippen LogP contribution in [0.5, 0.6) is 0 Å². The van der Waals surface area contributed by atoms with Gasteiger partial charge in [0.15, 0.2) is 0 Å². The van der Waals surface area contributed by atoms with Crippen molar-refractivity contribution < 1.29 is 9.90 Å². The van der Waals surface area contributed by atoms with Crippen LogP contribution in [-0.2, 0) is 6.42 Å². The molecule has 2 aliphatic heterocycles. The maximum Gasteiger partial charge on any atom is 0.319 e. The van der Waals surface area contributed by atoms with Gasteiger partial charge in [-0.1, -0.05) is 6.07 Å². The number of fused-ring (bicyclic) bond motifs is 1. The van der Waals surface area contributed by atoms with Crippen molar-refractivity contribution in [3.8, 4) is 0 Å². The van der Waals surface area contributed by atoms with Crippen LogP contribution in [0, 0.1) is 0 Å². The summed E-state index contributed by atoms with van der Waals surface area (Å²) in [6, 6.07) is 6.32. The number of aliphatic hydroxyl groups is 1. The third-order valence-electron chi connectivity index (χ3n) is 5.34. The Morgan fingerprint density at radius 2 is 2.20 bits per heavy atom. The Morgan fingerprint density at radius 3 is 3.04 bits per heavy atom. The Bertz CT molecular complexity index is 593. The number of anilines is 2. The second-order valence-electron chi connectivity index (χ2n) is 7.12. The molecule has 0 spiro atoms. The summed E-state index contributed by atoms with van der Waals surface area (Å²) in [6.45, 7) is 4.07. The summed E-state index contributed by atoms with van der Waals surface area (Å²) in [6.07, 6.45) is 5.36. The first-order chi connectivity index (χ1) is 12.2. The highest BCUT2D eigenvalue weighted by Crippen LogP contribution is 2.29. The van der Waals surface area contributed by atoms with Crippen molar-refractivity contribution in [1.29, 1.82) is 0 Å². The number of carbonyl (C=O) groups excluding carboxylic acids is 1. The molecule has 1 saturated heterocycles. The third kappa shape index (κ3) is 4.64. The van der Waals surface area contributed by atoms with Gasteiger partial charge >= 0.3 is 6.03 Å². The van der Waals surface area contributed by atoms with E-state index in [0.29, 0.717) is 12.6 Å².